The van der Waals surface area contributed by atoms with E-state index in [1.807, 2.05) is 30.3 Å². The number of carbonyl (C=O) groups is 3. The highest BCUT2D eigenvalue weighted by molar-refractivity contribution is 6.08. The fourth-order valence-electron chi connectivity index (χ4n) is 3.00. The quantitative estimate of drug-likeness (QED) is 0.877. The molecule has 2 aromatic rings. The van der Waals surface area contributed by atoms with Crippen molar-refractivity contribution in [3.05, 3.63) is 71.3 Å². The van der Waals surface area contributed by atoms with E-state index in [1.165, 1.54) is 4.90 Å². The summed E-state index contributed by atoms with van der Waals surface area (Å²) in [6.07, 6.45) is 0.0969. The third-order valence-corrected chi connectivity index (χ3v) is 4.24. The van der Waals surface area contributed by atoms with Gasteiger partial charge in [-0.2, -0.15) is 0 Å². The van der Waals surface area contributed by atoms with E-state index < -0.39 is 5.92 Å². The second-order valence-electron chi connectivity index (χ2n) is 5.73. The molecule has 1 unspecified atom stereocenters. The van der Waals surface area contributed by atoms with Crippen LogP contribution in [0.3, 0.4) is 0 Å². The number of likely N-dealkylation sites (tertiary alicyclic amines) is 1. The lowest BCUT2D eigenvalue weighted by molar-refractivity contribution is -0.139. The highest BCUT2D eigenvalue weighted by Crippen LogP contribution is 2.32. The van der Waals surface area contributed by atoms with Crippen LogP contribution in [-0.2, 0) is 16.1 Å². The van der Waals surface area contributed by atoms with E-state index in [2.05, 4.69) is 5.32 Å². The van der Waals surface area contributed by atoms with Crippen molar-refractivity contribution in [2.75, 3.05) is 7.05 Å². The zero-order valence-electron chi connectivity index (χ0n) is 13.4. The Morgan fingerprint density at radius 2 is 1.75 bits per heavy atom. The fraction of sp³-hybridized carbons (Fsp3) is 0.211. The molecule has 122 valence electrons. The Bertz CT molecular complexity index is 786. The van der Waals surface area contributed by atoms with E-state index in [-0.39, 0.29) is 30.7 Å². The summed E-state index contributed by atoms with van der Waals surface area (Å²) in [4.78, 5) is 38.4. The third-order valence-electron chi connectivity index (χ3n) is 4.24. The Labute approximate surface area is 140 Å². The number of hydrogen-bond acceptors (Lipinski definition) is 3. The van der Waals surface area contributed by atoms with Gasteiger partial charge in [0.2, 0.25) is 11.8 Å². The molecule has 1 atom stereocenters. The minimum Gasteiger partial charge on any atom is -0.355 e. The van der Waals surface area contributed by atoms with Gasteiger partial charge in [0, 0.05) is 19.0 Å². The smallest absolute Gasteiger partial charge is 0.251 e. The maximum Gasteiger partial charge on any atom is 0.251 e. The third kappa shape index (κ3) is 2.93. The standard InChI is InChI=1S/C19H18N2O3/c1-20-18(23)15-10-6-5-9-14(15)16-11-17(22)21(19(16)24)12-13-7-3-2-4-8-13/h2-10,16H,11-12H2,1H3,(H,20,23). The fourth-order valence-corrected chi connectivity index (χ4v) is 3.00. The number of nitrogens with zero attached hydrogens (tertiary/aromatic N) is 1. The van der Waals surface area contributed by atoms with Crippen molar-refractivity contribution in [2.24, 2.45) is 0 Å². The van der Waals surface area contributed by atoms with Gasteiger partial charge >= 0.3 is 0 Å². The molecule has 0 radical (unpaired) electrons. The molecule has 1 saturated heterocycles. The molecule has 0 aliphatic carbocycles. The zero-order valence-corrected chi connectivity index (χ0v) is 13.4. The molecule has 24 heavy (non-hydrogen) atoms. The number of imide groups is 1. The SMILES string of the molecule is CNC(=O)c1ccccc1C1CC(=O)N(Cc2ccccc2)C1=O. The van der Waals surface area contributed by atoms with Crippen LogP contribution in [0.5, 0.6) is 0 Å². The summed E-state index contributed by atoms with van der Waals surface area (Å²) in [6, 6.07) is 16.3. The predicted octanol–water partition coefficient (Wildman–Crippen LogP) is 2.09. The predicted molar refractivity (Wildman–Crippen MR) is 89.2 cm³/mol. The van der Waals surface area contributed by atoms with E-state index in [4.69, 9.17) is 0 Å². The van der Waals surface area contributed by atoms with Crippen LogP contribution >= 0.6 is 0 Å². The maximum absolute atomic E-state index is 12.8. The van der Waals surface area contributed by atoms with Gasteiger partial charge < -0.3 is 5.32 Å². The summed E-state index contributed by atoms with van der Waals surface area (Å²) in [5.41, 5.74) is 1.94. The first-order valence-corrected chi connectivity index (χ1v) is 7.81. The van der Waals surface area contributed by atoms with Gasteiger partial charge in [0.15, 0.2) is 0 Å². The van der Waals surface area contributed by atoms with Gasteiger partial charge in [-0.3, -0.25) is 19.3 Å². The average molecular weight is 322 g/mol. The molecule has 0 saturated carbocycles. The second kappa shape index (κ2) is 6.66. The minimum atomic E-state index is -0.602. The van der Waals surface area contributed by atoms with E-state index in [0.717, 1.165) is 5.56 Å². The first-order valence-electron chi connectivity index (χ1n) is 7.81. The Balaban J connectivity index is 1.88. The van der Waals surface area contributed by atoms with Crippen molar-refractivity contribution in [2.45, 2.75) is 18.9 Å². The van der Waals surface area contributed by atoms with Gasteiger partial charge in [0.05, 0.1) is 12.5 Å². The number of rotatable bonds is 4. The highest BCUT2D eigenvalue weighted by Gasteiger charge is 2.40. The number of hydrogen-bond donors (Lipinski definition) is 1. The van der Waals surface area contributed by atoms with Gasteiger partial charge in [0.25, 0.3) is 5.91 Å². The van der Waals surface area contributed by atoms with E-state index in [9.17, 15) is 14.4 Å². The summed E-state index contributed by atoms with van der Waals surface area (Å²) < 4.78 is 0. The molecule has 2 aromatic carbocycles. The molecule has 3 rings (SSSR count). The second-order valence-corrected chi connectivity index (χ2v) is 5.73. The molecule has 5 nitrogen and oxygen atoms in total. The molecule has 5 heteroatoms. The van der Waals surface area contributed by atoms with Gasteiger partial charge in [-0.1, -0.05) is 48.5 Å². The van der Waals surface area contributed by atoms with Crippen LogP contribution in [0.4, 0.5) is 0 Å². The lowest BCUT2D eigenvalue weighted by atomic mass is 9.92. The number of amides is 3. The summed E-state index contributed by atoms with van der Waals surface area (Å²) in [5, 5.41) is 2.57. The summed E-state index contributed by atoms with van der Waals surface area (Å²) >= 11 is 0. The van der Waals surface area contributed by atoms with Crippen LogP contribution in [0.1, 0.15) is 33.8 Å². The van der Waals surface area contributed by atoms with E-state index in [0.29, 0.717) is 11.1 Å². The van der Waals surface area contributed by atoms with Crippen LogP contribution in [0, 0.1) is 0 Å². The normalized spacial score (nSPS) is 17.2. The summed E-state index contributed by atoms with van der Waals surface area (Å²) in [5.74, 6) is -1.32. The van der Waals surface area contributed by atoms with Crippen molar-refractivity contribution < 1.29 is 14.4 Å². The Morgan fingerprint density at radius 1 is 1.08 bits per heavy atom. The molecule has 1 aliphatic rings. The maximum atomic E-state index is 12.8. The van der Waals surface area contributed by atoms with E-state index in [1.54, 1.807) is 31.3 Å². The summed E-state index contributed by atoms with van der Waals surface area (Å²) in [6.45, 7) is 0.261. The van der Waals surface area contributed by atoms with Crippen molar-refractivity contribution in [3.63, 3.8) is 0 Å². The molecular weight excluding hydrogens is 304 g/mol. The number of nitrogens with one attached hydrogen (secondary N) is 1. The van der Waals surface area contributed by atoms with Gasteiger partial charge in [-0.15, -0.1) is 0 Å². The zero-order chi connectivity index (χ0) is 17.1. The lowest BCUT2D eigenvalue weighted by Crippen LogP contribution is -2.30. The Morgan fingerprint density at radius 3 is 2.46 bits per heavy atom. The van der Waals surface area contributed by atoms with Crippen molar-refractivity contribution >= 4 is 17.7 Å². The molecule has 1 N–H and O–H groups in total. The molecule has 0 aromatic heterocycles. The summed E-state index contributed by atoms with van der Waals surface area (Å²) in [7, 11) is 1.54. The Hall–Kier alpha value is -2.95. The first kappa shape index (κ1) is 15.9. The molecule has 1 heterocycles. The molecule has 0 bridgehead atoms. The minimum absolute atomic E-state index is 0.0969. The molecule has 1 aliphatic heterocycles. The average Bonchev–Trinajstić information content (AvgIpc) is 2.90. The lowest BCUT2D eigenvalue weighted by Gasteiger charge is -2.16. The van der Waals surface area contributed by atoms with Crippen molar-refractivity contribution in [3.8, 4) is 0 Å². The highest BCUT2D eigenvalue weighted by atomic mass is 16.2. The largest absolute Gasteiger partial charge is 0.355 e. The van der Waals surface area contributed by atoms with Crippen LogP contribution < -0.4 is 5.32 Å². The molecular formula is C19H18N2O3. The van der Waals surface area contributed by atoms with Crippen LogP contribution in [0.2, 0.25) is 0 Å². The topological polar surface area (TPSA) is 66.5 Å². The number of carbonyl (C=O) groups excluding carboxylic acids is 3. The first-order chi connectivity index (χ1) is 11.6. The van der Waals surface area contributed by atoms with Gasteiger partial charge in [0.1, 0.15) is 0 Å². The number of benzene rings is 2. The molecule has 1 fully saturated rings. The van der Waals surface area contributed by atoms with Crippen LogP contribution in [0.25, 0.3) is 0 Å². The monoisotopic (exact) mass is 322 g/mol. The van der Waals surface area contributed by atoms with Gasteiger partial charge in [-0.25, -0.2) is 0 Å². The van der Waals surface area contributed by atoms with Crippen molar-refractivity contribution in [1.82, 2.24) is 10.2 Å². The van der Waals surface area contributed by atoms with Crippen LogP contribution in [-0.4, -0.2) is 29.7 Å². The molecule has 0 spiro atoms. The van der Waals surface area contributed by atoms with Gasteiger partial charge in [-0.05, 0) is 17.2 Å². The Kier molecular flexibility index (Phi) is 4.42. The molecule has 3 amide bonds. The van der Waals surface area contributed by atoms with Crippen LogP contribution in [0.15, 0.2) is 54.6 Å². The van der Waals surface area contributed by atoms with Crippen molar-refractivity contribution in [1.29, 1.82) is 0 Å². The van der Waals surface area contributed by atoms with E-state index >= 15 is 0 Å².